The Bertz CT molecular complexity index is 1400. The largest absolute Gasteiger partial charge is 0.489 e. The van der Waals surface area contributed by atoms with Gasteiger partial charge in [0.05, 0.1) is 5.69 Å². The number of ether oxygens (including phenoxy) is 1. The van der Waals surface area contributed by atoms with Crippen LogP contribution in [0.4, 0.5) is 9.80 Å². The monoisotopic (exact) mass is 620 g/mol. The third kappa shape index (κ3) is 7.25. The van der Waals surface area contributed by atoms with Gasteiger partial charge in [-0.1, -0.05) is 49.2 Å². The molecule has 1 aliphatic rings. The van der Waals surface area contributed by atoms with Gasteiger partial charge in [0.2, 0.25) is 0 Å². The molecular formula is C27H30Cl2N6O5S. The van der Waals surface area contributed by atoms with Crippen molar-refractivity contribution in [1.82, 2.24) is 25.1 Å². The van der Waals surface area contributed by atoms with E-state index < -0.39 is 29.4 Å². The summed E-state index contributed by atoms with van der Waals surface area (Å²) in [6.07, 6.45) is 0.527. The van der Waals surface area contributed by atoms with Crippen LogP contribution >= 0.6 is 34.7 Å². The Morgan fingerprint density at radius 3 is 2.44 bits per heavy atom. The van der Waals surface area contributed by atoms with Crippen LogP contribution in [0.15, 0.2) is 42.5 Å². The molecule has 4 rings (SSSR count). The molecule has 1 fully saturated rings. The molecule has 4 N–H and O–H groups in total. The number of carbonyl (C=O) groups is 3. The Balaban J connectivity index is 1.60. The van der Waals surface area contributed by atoms with Crippen molar-refractivity contribution >= 4 is 57.6 Å². The number of aryl methyl sites for hydroxylation is 1. The van der Waals surface area contributed by atoms with Crippen LogP contribution in [0, 0.1) is 12.8 Å². The number of nitrogens with zero attached hydrogens (tertiary/aromatic N) is 3. The molecule has 3 aromatic rings. The van der Waals surface area contributed by atoms with E-state index in [1.807, 2.05) is 20.8 Å². The number of aromatic nitrogens is 2. The summed E-state index contributed by atoms with van der Waals surface area (Å²) in [7, 11) is 0. The third-order valence-corrected chi connectivity index (χ3v) is 7.79. The summed E-state index contributed by atoms with van der Waals surface area (Å²) in [5.74, 6) is -0.575. The first-order valence-electron chi connectivity index (χ1n) is 12.8. The number of benzene rings is 1. The number of hydrogen-bond acceptors (Lipinski definition) is 8. The summed E-state index contributed by atoms with van der Waals surface area (Å²) in [5, 5.41) is 16.0. The molecule has 2 aromatic heterocycles. The lowest BCUT2D eigenvalue weighted by Crippen LogP contribution is -2.56. The normalized spacial score (nSPS) is 17.4. The third-order valence-electron chi connectivity index (χ3n) is 6.60. The average Bonchev–Trinajstić information content (AvgIpc) is 3.47. The van der Waals surface area contributed by atoms with Gasteiger partial charge in [0.25, 0.3) is 11.8 Å². The zero-order chi connectivity index (χ0) is 29.7. The van der Waals surface area contributed by atoms with E-state index in [4.69, 9.17) is 27.9 Å². The second-order valence-corrected chi connectivity index (χ2v) is 11.7. The van der Waals surface area contributed by atoms with Gasteiger partial charge in [0.15, 0.2) is 0 Å². The number of carbonyl (C=O) groups excluding carboxylic acids is 3. The summed E-state index contributed by atoms with van der Waals surface area (Å²) in [6.45, 7) is 6.01. The summed E-state index contributed by atoms with van der Waals surface area (Å²) in [5.41, 5.74) is 2.20. The lowest BCUT2D eigenvalue weighted by atomic mass is 9.88. The minimum Gasteiger partial charge on any atom is -0.489 e. The Morgan fingerprint density at radius 1 is 1.17 bits per heavy atom. The molecule has 2 atom stereocenters. The van der Waals surface area contributed by atoms with Crippen LogP contribution in [0.2, 0.25) is 10.3 Å². The van der Waals surface area contributed by atoms with Gasteiger partial charge in [0.1, 0.15) is 39.2 Å². The fourth-order valence-electron chi connectivity index (χ4n) is 4.75. The Kier molecular flexibility index (Phi) is 9.69. The first-order valence-corrected chi connectivity index (χ1v) is 14.4. The highest BCUT2D eigenvalue weighted by atomic mass is 35.5. The second-order valence-electron chi connectivity index (χ2n) is 10.1. The molecule has 1 saturated heterocycles. The quantitative estimate of drug-likeness (QED) is 0.143. The molecule has 218 valence electrons. The zero-order valence-corrected chi connectivity index (χ0v) is 24.9. The summed E-state index contributed by atoms with van der Waals surface area (Å²) < 4.78 is 10.0. The van der Waals surface area contributed by atoms with Crippen molar-refractivity contribution in [2.24, 2.45) is 5.92 Å². The first-order chi connectivity index (χ1) is 19.5. The molecule has 41 heavy (non-hydrogen) atoms. The molecule has 3 heterocycles. The Morgan fingerprint density at radius 2 is 1.85 bits per heavy atom. The minimum absolute atomic E-state index is 0.0625. The molecule has 2 unspecified atom stereocenters. The van der Waals surface area contributed by atoms with Gasteiger partial charge in [0, 0.05) is 13.0 Å². The summed E-state index contributed by atoms with van der Waals surface area (Å²) in [6, 6.07) is 10.3. The summed E-state index contributed by atoms with van der Waals surface area (Å²) in [4.78, 5) is 45.1. The van der Waals surface area contributed by atoms with E-state index in [-0.39, 0.29) is 35.8 Å². The van der Waals surface area contributed by atoms with Gasteiger partial charge < -0.3 is 15.0 Å². The smallest absolute Gasteiger partial charge is 0.321 e. The number of urea groups is 1. The van der Waals surface area contributed by atoms with E-state index in [1.165, 1.54) is 4.90 Å². The van der Waals surface area contributed by atoms with Crippen LogP contribution in [0.1, 0.15) is 43.5 Å². The Hall–Kier alpha value is -3.45. The molecule has 11 nitrogen and oxygen atoms in total. The predicted octanol–water partition coefficient (Wildman–Crippen LogP) is 4.90. The number of nitrogens with one attached hydrogen (secondary N) is 3. The van der Waals surface area contributed by atoms with Crippen LogP contribution in [-0.2, 0) is 21.7 Å². The highest BCUT2D eigenvalue weighted by Gasteiger charge is 2.52. The molecule has 0 bridgehead atoms. The van der Waals surface area contributed by atoms with Gasteiger partial charge in [-0.3, -0.25) is 20.1 Å². The number of pyridine rings is 1. The van der Waals surface area contributed by atoms with Crippen LogP contribution in [0.3, 0.4) is 0 Å². The average molecular weight is 622 g/mol. The topological polar surface area (TPSA) is 146 Å². The maximum absolute atomic E-state index is 14.1. The van der Waals surface area contributed by atoms with Crippen LogP contribution < -0.4 is 20.9 Å². The predicted molar refractivity (Wildman–Crippen MR) is 155 cm³/mol. The molecule has 4 amide bonds. The van der Waals surface area contributed by atoms with Gasteiger partial charge in [-0.05, 0) is 72.3 Å². The van der Waals surface area contributed by atoms with Crippen molar-refractivity contribution in [3.05, 3.63) is 69.6 Å². The van der Waals surface area contributed by atoms with Crippen molar-refractivity contribution in [2.45, 2.75) is 51.8 Å². The molecule has 1 aliphatic heterocycles. The number of likely N-dealkylation sites (tertiary alicyclic amines) is 1. The van der Waals surface area contributed by atoms with Gasteiger partial charge >= 0.3 is 6.03 Å². The van der Waals surface area contributed by atoms with Gasteiger partial charge in [-0.2, -0.15) is 4.37 Å². The van der Waals surface area contributed by atoms with Crippen molar-refractivity contribution in [3.63, 3.8) is 0 Å². The highest BCUT2D eigenvalue weighted by molar-refractivity contribution is 7.10. The number of hydroxylamine groups is 1. The molecule has 0 radical (unpaired) electrons. The van der Waals surface area contributed by atoms with Crippen molar-refractivity contribution in [3.8, 4) is 5.75 Å². The second kappa shape index (κ2) is 13.0. The van der Waals surface area contributed by atoms with Gasteiger partial charge in [-0.15, -0.1) is 0 Å². The standard InChI is InChI=1S/C27H30Cl2N6O5S/c1-15(2)10-20(24(36)33-39)35-9-8-27(25(35)37,32-26(38)31-23-11-16(3)34-41-23)18-4-6-19(7-5-18)40-14-17-12-21(28)30-22(29)13-17/h4-7,11-13,15,20,39H,8-10,14H2,1-3H3,(H,33,36)(H2,31,32,38). The molecule has 0 spiro atoms. The van der Waals surface area contributed by atoms with Crippen LogP contribution in [0.25, 0.3) is 0 Å². The van der Waals surface area contributed by atoms with E-state index in [0.29, 0.717) is 22.7 Å². The number of hydrogen-bond donors (Lipinski definition) is 4. The Labute approximate surface area is 251 Å². The molecule has 0 aliphatic carbocycles. The van der Waals surface area contributed by atoms with Crippen LogP contribution in [-0.4, -0.2) is 49.9 Å². The lowest BCUT2D eigenvalue weighted by molar-refractivity contribution is -0.145. The molecule has 14 heteroatoms. The van der Waals surface area contributed by atoms with Crippen molar-refractivity contribution < 1.29 is 24.3 Å². The van der Waals surface area contributed by atoms with E-state index in [0.717, 1.165) is 22.8 Å². The number of halogens is 2. The number of rotatable bonds is 10. The fourth-order valence-corrected chi connectivity index (χ4v) is 5.91. The van der Waals surface area contributed by atoms with Crippen LogP contribution in [0.5, 0.6) is 5.75 Å². The molecule has 0 saturated carbocycles. The number of anilines is 1. The van der Waals surface area contributed by atoms with Crippen molar-refractivity contribution in [1.29, 1.82) is 0 Å². The van der Waals surface area contributed by atoms with Crippen molar-refractivity contribution in [2.75, 3.05) is 11.9 Å². The zero-order valence-electron chi connectivity index (χ0n) is 22.6. The SMILES string of the molecule is Cc1cc(NC(=O)NC2(c3ccc(OCc4cc(Cl)nc(Cl)c4)cc3)CCN(C(CC(C)C)C(=O)NO)C2=O)sn1. The maximum Gasteiger partial charge on any atom is 0.321 e. The maximum atomic E-state index is 14.1. The molecular weight excluding hydrogens is 591 g/mol. The fraction of sp³-hybridized carbons (Fsp3) is 0.370. The molecule has 1 aromatic carbocycles. The first kappa shape index (κ1) is 30.5. The van der Waals surface area contributed by atoms with E-state index in [2.05, 4.69) is 20.0 Å². The highest BCUT2D eigenvalue weighted by Crippen LogP contribution is 2.37. The summed E-state index contributed by atoms with van der Waals surface area (Å²) >= 11 is 13.1. The van der Waals surface area contributed by atoms with Gasteiger partial charge in [-0.25, -0.2) is 15.3 Å². The van der Waals surface area contributed by atoms with E-state index in [9.17, 15) is 19.6 Å². The van der Waals surface area contributed by atoms with E-state index >= 15 is 0 Å². The van der Waals surface area contributed by atoms with E-state index in [1.54, 1.807) is 47.9 Å². The lowest BCUT2D eigenvalue weighted by Gasteiger charge is -2.32. The number of amides is 4. The minimum atomic E-state index is -1.47.